The van der Waals surface area contributed by atoms with E-state index in [2.05, 4.69) is 15.3 Å². The smallest absolute Gasteiger partial charge is 0.231 e. The number of aromatic nitrogens is 2. The lowest BCUT2D eigenvalue weighted by molar-refractivity contribution is 0.174. The normalized spacial score (nSPS) is 12.5. The van der Waals surface area contributed by atoms with E-state index in [9.17, 15) is 0 Å². The summed E-state index contributed by atoms with van der Waals surface area (Å²) in [7, 11) is 0. The molecule has 0 amide bonds. The van der Waals surface area contributed by atoms with E-state index in [0.29, 0.717) is 17.3 Å². The second kappa shape index (κ2) is 4.23. The Bertz CT molecular complexity index is 606. The fourth-order valence-corrected chi connectivity index (χ4v) is 1.73. The van der Waals surface area contributed by atoms with Crippen LogP contribution in [0.25, 0.3) is 0 Å². The molecule has 0 atom stereocenters. The molecule has 2 aromatic rings. The monoisotopic (exact) mass is 264 g/mol. The van der Waals surface area contributed by atoms with E-state index in [1.165, 1.54) is 6.33 Å². The van der Waals surface area contributed by atoms with Crippen molar-refractivity contribution in [3.63, 3.8) is 0 Å². The van der Waals surface area contributed by atoms with Gasteiger partial charge in [0.1, 0.15) is 17.2 Å². The van der Waals surface area contributed by atoms with E-state index in [1.807, 2.05) is 12.1 Å². The van der Waals surface area contributed by atoms with Crippen LogP contribution < -0.4 is 20.5 Å². The SMILES string of the molecule is Nc1ncnc(Nc2ccc3c(c2)OCO3)c1Cl. The number of nitrogens with zero attached hydrogens (tertiary/aromatic N) is 2. The average Bonchev–Trinajstić information content (AvgIpc) is 2.82. The van der Waals surface area contributed by atoms with Crippen LogP contribution >= 0.6 is 11.6 Å². The Hall–Kier alpha value is -2.21. The molecule has 92 valence electrons. The van der Waals surface area contributed by atoms with Gasteiger partial charge in [0.05, 0.1) is 0 Å². The van der Waals surface area contributed by atoms with Gasteiger partial charge in [-0.2, -0.15) is 0 Å². The van der Waals surface area contributed by atoms with Crippen LogP contribution in [0.5, 0.6) is 11.5 Å². The van der Waals surface area contributed by atoms with E-state index in [-0.39, 0.29) is 17.6 Å². The van der Waals surface area contributed by atoms with Crippen molar-refractivity contribution >= 4 is 28.9 Å². The molecule has 0 saturated heterocycles. The van der Waals surface area contributed by atoms with Crippen molar-refractivity contribution in [1.82, 2.24) is 9.97 Å². The highest BCUT2D eigenvalue weighted by Crippen LogP contribution is 2.35. The molecule has 0 fully saturated rings. The molecular formula is C11H9ClN4O2. The minimum Gasteiger partial charge on any atom is -0.454 e. The summed E-state index contributed by atoms with van der Waals surface area (Å²) in [6.45, 7) is 0.236. The summed E-state index contributed by atoms with van der Waals surface area (Å²) in [6.07, 6.45) is 1.34. The van der Waals surface area contributed by atoms with Gasteiger partial charge in [0.15, 0.2) is 17.3 Å². The van der Waals surface area contributed by atoms with E-state index < -0.39 is 0 Å². The zero-order chi connectivity index (χ0) is 12.5. The average molecular weight is 265 g/mol. The molecule has 0 saturated carbocycles. The fraction of sp³-hybridized carbons (Fsp3) is 0.0909. The van der Waals surface area contributed by atoms with Gasteiger partial charge in [0.2, 0.25) is 6.79 Å². The van der Waals surface area contributed by atoms with Crippen molar-refractivity contribution in [2.75, 3.05) is 17.8 Å². The number of ether oxygens (including phenoxy) is 2. The van der Waals surface area contributed by atoms with E-state index in [1.54, 1.807) is 6.07 Å². The highest BCUT2D eigenvalue weighted by Gasteiger charge is 2.14. The first kappa shape index (κ1) is 10.9. The van der Waals surface area contributed by atoms with Gasteiger partial charge in [-0.25, -0.2) is 9.97 Å². The second-order valence-electron chi connectivity index (χ2n) is 3.61. The molecule has 0 bridgehead atoms. The maximum absolute atomic E-state index is 5.99. The number of rotatable bonds is 2. The van der Waals surface area contributed by atoms with Gasteiger partial charge >= 0.3 is 0 Å². The van der Waals surface area contributed by atoms with Crippen molar-refractivity contribution in [3.8, 4) is 11.5 Å². The maximum atomic E-state index is 5.99. The third kappa shape index (κ3) is 1.86. The van der Waals surface area contributed by atoms with Crippen molar-refractivity contribution in [2.24, 2.45) is 0 Å². The molecule has 0 radical (unpaired) electrons. The Labute approximate surface area is 108 Å². The first-order valence-electron chi connectivity index (χ1n) is 5.16. The minimum absolute atomic E-state index is 0.231. The Kier molecular flexibility index (Phi) is 2.56. The van der Waals surface area contributed by atoms with Crippen molar-refractivity contribution < 1.29 is 9.47 Å². The van der Waals surface area contributed by atoms with Gasteiger partial charge in [-0.15, -0.1) is 0 Å². The quantitative estimate of drug-likeness (QED) is 0.865. The molecule has 2 heterocycles. The van der Waals surface area contributed by atoms with Crippen LogP contribution in [-0.4, -0.2) is 16.8 Å². The third-order valence-electron chi connectivity index (χ3n) is 2.45. The minimum atomic E-state index is 0.231. The Morgan fingerprint density at radius 3 is 2.94 bits per heavy atom. The number of hydrogen-bond acceptors (Lipinski definition) is 6. The zero-order valence-electron chi connectivity index (χ0n) is 9.18. The predicted molar refractivity (Wildman–Crippen MR) is 67.3 cm³/mol. The molecule has 1 aromatic carbocycles. The summed E-state index contributed by atoms with van der Waals surface area (Å²) < 4.78 is 10.5. The Morgan fingerprint density at radius 2 is 2.06 bits per heavy atom. The largest absolute Gasteiger partial charge is 0.454 e. The van der Waals surface area contributed by atoms with E-state index >= 15 is 0 Å². The number of nitrogens with one attached hydrogen (secondary N) is 1. The number of anilines is 3. The van der Waals surface area contributed by atoms with Crippen LogP contribution in [-0.2, 0) is 0 Å². The van der Waals surface area contributed by atoms with Gasteiger partial charge in [0.25, 0.3) is 0 Å². The molecule has 0 spiro atoms. The van der Waals surface area contributed by atoms with Crippen molar-refractivity contribution in [1.29, 1.82) is 0 Å². The molecule has 3 N–H and O–H groups in total. The molecule has 0 unspecified atom stereocenters. The van der Waals surface area contributed by atoms with Gasteiger partial charge in [-0.1, -0.05) is 11.6 Å². The molecule has 1 aromatic heterocycles. The van der Waals surface area contributed by atoms with Crippen LogP contribution in [0.4, 0.5) is 17.3 Å². The summed E-state index contributed by atoms with van der Waals surface area (Å²) in [6, 6.07) is 5.45. The summed E-state index contributed by atoms with van der Waals surface area (Å²) in [4.78, 5) is 7.81. The number of nitrogen functional groups attached to an aromatic ring is 1. The first-order valence-corrected chi connectivity index (χ1v) is 5.54. The summed E-state index contributed by atoms with van der Waals surface area (Å²) in [5, 5.41) is 3.33. The Balaban J connectivity index is 1.90. The molecule has 0 aliphatic carbocycles. The number of halogens is 1. The highest BCUT2D eigenvalue weighted by molar-refractivity contribution is 6.35. The highest BCUT2D eigenvalue weighted by atomic mass is 35.5. The standard InChI is InChI=1S/C11H9ClN4O2/c12-9-10(13)14-4-15-11(9)16-6-1-2-7-8(3-6)18-5-17-7/h1-4H,5H2,(H3,13,14,15,16). The number of fused-ring (bicyclic) bond motifs is 1. The molecule has 1 aliphatic rings. The zero-order valence-corrected chi connectivity index (χ0v) is 9.94. The number of hydrogen-bond donors (Lipinski definition) is 2. The van der Waals surface area contributed by atoms with Crippen LogP contribution in [0.1, 0.15) is 0 Å². The van der Waals surface area contributed by atoms with E-state index in [4.69, 9.17) is 26.8 Å². The lowest BCUT2D eigenvalue weighted by Crippen LogP contribution is -1.99. The van der Waals surface area contributed by atoms with Gasteiger partial charge in [-0.3, -0.25) is 0 Å². The molecular weight excluding hydrogens is 256 g/mol. The topological polar surface area (TPSA) is 82.3 Å². The predicted octanol–water partition coefficient (Wildman–Crippen LogP) is 2.18. The Morgan fingerprint density at radius 1 is 1.22 bits per heavy atom. The molecule has 18 heavy (non-hydrogen) atoms. The van der Waals surface area contributed by atoms with Crippen LogP contribution in [0, 0.1) is 0 Å². The lowest BCUT2D eigenvalue weighted by Gasteiger charge is -2.08. The summed E-state index contributed by atoms with van der Waals surface area (Å²) >= 11 is 5.99. The van der Waals surface area contributed by atoms with Crippen molar-refractivity contribution in [3.05, 3.63) is 29.5 Å². The van der Waals surface area contributed by atoms with Crippen LogP contribution in [0.15, 0.2) is 24.5 Å². The number of benzene rings is 1. The summed E-state index contributed by atoms with van der Waals surface area (Å²) in [5.41, 5.74) is 6.37. The molecule has 1 aliphatic heterocycles. The van der Waals surface area contributed by atoms with Gasteiger partial charge in [-0.05, 0) is 12.1 Å². The van der Waals surface area contributed by atoms with Crippen LogP contribution in [0.3, 0.4) is 0 Å². The van der Waals surface area contributed by atoms with E-state index in [0.717, 1.165) is 5.69 Å². The van der Waals surface area contributed by atoms with Crippen molar-refractivity contribution in [2.45, 2.75) is 0 Å². The first-order chi connectivity index (χ1) is 8.74. The number of nitrogens with two attached hydrogens (primary N) is 1. The second-order valence-corrected chi connectivity index (χ2v) is 3.99. The molecule has 6 nitrogen and oxygen atoms in total. The van der Waals surface area contributed by atoms with Crippen LogP contribution in [0.2, 0.25) is 5.02 Å². The lowest BCUT2D eigenvalue weighted by atomic mass is 10.3. The molecule has 7 heteroatoms. The third-order valence-corrected chi connectivity index (χ3v) is 2.82. The fourth-order valence-electron chi connectivity index (χ4n) is 1.58. The van der Waals surface area contributed by atoms with Gasteiger partial charge in [0, 0.05) is 11.8 Å². The summed E-state index contributed by atoms with van der Waals surface area (Å²) in [5.74, 6) is 2.07. The molecule has 3 rings (SSSR count). The van der Waals surface area contributed by atoms with Gasteiger partial charge < -0.3 is 20.5 Å². The maximum Gasteiger partial charge on any atom is 0.231 e.